The summed E-state index contributed by atoms with van der Waals surface area (Å²) < 4.78 is 0. The molecule has 84 valence electrons. The van der Waals surface area contributed by atoms with Crippen LogP contribution >= 0.6 is 11.8 Å². The summed E-state index contributed by atoms with van der Waals surface area (Å²) in [5, 5.41) is 0. The van der Waals surface area contributed by atoms with Crippen LogP contribution in [0.4, 0.5) is 0 Å². The minimum Gasteiger partial charge on any atom is -0.271 e. The van der Waals surface area contributed by atoms with Crippen LogP contribution in [0.2, 0.25) is 0 Å². The monoisotopic (exact) mass is 224 g/mol. The Morgan fingerprint density at radius 2 is 2.00 bits per heavy atom. The van der Waals surface area contributed by atoms with Gasteiger partial charge in [0.1, 0.15) is 0 Å². The first-order chi connectivity index (χ1) is 7.31. The molecule has 1 aromatic rings. The molecular formula is C12H20N2S. The van der Waals surface area contributed by atoms with E-state index in [0.717, 1.165) is 6.42 Å². The largest absolute Gasteiger partial charge is 0.271 e. The van der Waals surface area contributed by atoms with Crippen molar-refractivity contribution in [3.63, 3.8) is 0 Å². The van der Waals surface area contributed by atoms with Crippen LogP contribution in [0.15, 0.2) is 29.2 Å². The van der Waals surface area contributed by atoms with E-state index < -0.39 is 0 Å². The summed E-state index contributed by atoms with van der Waals surface area (Å²) in [5.41, 5.74) is 4.17. The van der Waals surface area contributed by atoms with E-state index in [-0.39, 0.29) is 0 Å². The normalized spacial score (nSPS) is 12.7. The molecule has 0 saturated heterocycles. The fraction of sp³-hybridized carbons (Fsp3) is 0.500. The third kappa shape index (κ3) is 3.86. The number of hydrogen-bond acceptors (Lipinski definition) is 3. The summed E-state index contributed by atoms with van der Waals surface area (Å²) in [6.45, 7) is 2.20. The number of hydrogen-bond donors (Lipinski definition) is 2. The van der Waals surface area contributed by atoms with Crippen molar-refractivity contribution in [1.29, 1.82) is 0 Å². The molecule has 0 saturated carbocycles. The lowest BCUT2D eigenvalue weighted by Gasteiger charge is -2.16. The molecule has 0 bridgehead atoms. The van der Waals surface area contributed by atoms with Gasteiger partial charge in [0.2, 0.25) is 0 Å². The molecule has 2 nitrogen and oxygen atoms in total. The highest BCUT2D eigenvalue weighted by molar-refractivity contribution is 7.98. The van der Waals surface area contributed by atoms with Crippen molar-refractivity contribution < 1.29 is 0 Å². The lowest BCUT2D eigenvalue weighted by atomic mass is 10.0. The van der Waals surface area contributed by atoms with Gasteiger partial charge < -0.3 is 0 Å². The van der Waals surface area contributed by atoms with Crippen molar-refractivity contribution in [1.82, 2.24) is 5.43 Å². The SMILES string of the molecule is CCCCC(NN)c1ccc(SC)cc1. The van der Waals surface area contributed by atoms with Crippen LogP contribution in [0, 0.1) is 0 Å². The fourth-order valence-corrected chi connectivity index (χ4v) is 2.00. The van der Waals surface area contributed by atoms with Crippen molar-refractivity contribution in [2.75, 3.05) is 6.26 Å². The highest BCUT2D eigenvalue weighted by atomic mass is 32.2. The van der Waals surface area contributed by atoms with Crippen LogP contribution in [0.1, 0.15) is 37.8 Å². The van der Waals surface area contributed by atoms with Crippen LogP contribution < -0.4 is 11.3 Å². The van der Waals surface area contributed by atoms with Crippen molar-refractivity contribution >= 4 is 11.8 Å². The quantitative estimate of drug-likeness (QED) is 0.443. The van der Waals surface area contributed by atoms with Gasteiger partial charge in [0, 0.05) is 10.9 Å². The summed E-state index contributed by atoms with van der Waals surface area (Å²) >= 11 is 1.76. The van der Waals surface area contributed by atoms with E-state index in [0.29, 0.717) is 6.04 Å². The molecule has 0 radical (unpaired) electrons. The molecule has 1 aromatic carbocycles. The molecule has 0 aliphatic heterocycles. The molecule has 0 aliphatic rings. The van der Waals surface area contributed by atoms with E-state index in [1.54, 1.807) is 11.8 Å². The Hall–Kier alpha value is -0.510. The van der Waals surface area contributed by atoms with Gasteiger partial charge in [-0.05, 0) is 30.4 Å². The average molecular weight is 224 g/mol. The molecule has 1 rings (SSSR count). The van der Waals surface area contributed by atoms with Crippen LogP contribution in [0.3, 0.4) is 0 Å². The molecule has 3 N–H and O–H groups in total. The van der Waals surface area contributed by atoms with Gasteiger partial charge in [0.05, 0.1) is 0 Å². The number of nitrogens with two attached hydrogens (primary N) is 1. The van der Waals surface area contributed by atoms with E-state index in [9.17, 15) is 0 Å². The number of unbranched alkanes of at least 4 members (excludes halogenated alkanes) is 1. The molecule has 1 unspecified atom stereocenters. The fourth-order valence-electron chi connectivity index (χ4n) is 1.59. The molecule has 0 heterocycles. The zero-order chi connectivity index (χ0) is 11.1. The predicted octanol–water partition coefficient (Wildman–Crippen LogP) is 3.10. The summed E-state index contributed by atoms with van der Waals surface area (Å²) in [4.78, 5) is 1.30. The Morgan fingerprint density at radius 1 is 1.33 bits per heavy atom. The maximum atomic E-state index is 5.56. The standard InChI is InChI=1S/C12H20N2S/c1-3-4-5-12(14-13)10-6-8-11(15-2)9-7-10/h6-9,12,14H,3-5,13H2,1-2H3. The molecule has 1 atom stereocenters. The first kappa shape index (κ1) is 12.6. The van der Waals surface area contributed by atoms with Gasteiger partial charge in [-0.2, -0.15) is 0 Å². The Balaban J connectivity index is 2.65. The summed E-state index contributed by atoms with van der Waals surface area (Å²) in [6.07, 6.45) is 5.61. The summed E-state index contributed by atoms with van der Waals surface area (Å²) in [7, 11) is 0. The predicted molar refractivity (Wildman–Crippen MR) is 67.8 cm³/mol. The van der Waals surface area contributed by atoms with E-state index in [4.69, 9.17) is 5.84 Å². The van der Waals surface area contributed by atoms with Crippen molar-refractivity contribution in [3.05, 3.63) is 29.8 Å². The Bertz CT molecular complexity index is 271. The van der Waals surface area contributed by atoms with Crippen molar-refractivity contribution in [2.45, 2.75) is 37.1 Å². The topological polar surface area (TPSA) is 38.0 Å². The second-order valence-corrected chi connectivity index (χ2v) is 4.51. The average Bonchev–Trinajstić information content (AvgIpc) is 2.31. The van der Waals surface area contributed by atoms with Crippen LogP contribution in [0.5, 0.6) is 0 Å². The van der Waals surface area contributed by atoms with E-state index in [1.165, 1.54) is 23.3 Å². The Kier molecular flexibility index (Phi) is 5.76. The number of hydrazine groups is 1. The van der Waals surface area contributed by atoms with E-state index in [2.05, 4.69) is 42.9 Å². The highest BCUT2D eigenvalue weighted by Crippen LogP contribution is 2.21. The summed E-state index contributed by atoms with van der Waals surface area (Å²) in [5.74, 6) is 5.56. The van der Waals surface area contributed by atoms with E-state index >= 15 is 0 Å². The first-order valence-electron chi connectivity index (χ1n) is 5.42. The van der Waals surface area contributed by atoms with Gasteiger partial charge in [-0.3, -0.25) is 11.3 Å². The smallest absolute Gasteiger partial charge is 0.0460 e. The minimum absolute atomic E-state index is 0.292. The molecule has 0 amide bonds. The first-order valence-corrected chi connectivity index (χ1v) is 6.64. The zero-order valence-corrected chi connectivity index (χ0v) is 10.3. The third-order valence-corrected chi connectivity index (χ3v) is 3.31. The number of nitrogens with one attached hydrogen (secondary N) is 1. The number of rotatable bonds is 6. The number of benzene rings is 1. The highest BCUT2D eigenvalue weighted by Gasteiger charge is 2.08. The van der Waals surface area contributed by atoms with Gasteiger partial charge >= 0.3 is 0 Å². The second kappa shape index (κ2) is 6.88. The maximum absolute atomic E-state index is 5.56. The Labute approximate surface area is 96.6 Å². The van der Waals surface area contributed by atoms with Gasteiger partial charge in [-0.1, -0.05) is 31.9 Å². The van der Waals surface area contributed by atoms with Crippen LogP contribution in [-0.2, 0) is 0 Å². The second-order valence-electron chi connectivity index (χ2n) is 3.63. The van der Waals surface area contributed by atoms with Gasteiger partial charge in [0.25, 0.3) is 0 Å². The van der Waals surface area contributed by atoms with Gasteiger partial charge in [0.15, 0.2) is 0 Å². The van der Waals surface area contributed by atoms with Gasteiger partial charge in [-0.15, -0.1) is 11.8 Å². The Morgan fingerprint density at radius 3 is 2.47 bits per heavy atom. The van der Waals surface area contributed by atoms with Crippen molar-refractivity contribution in [3.8, 4) is 0 Å². The van der Waals surface area contributed by atoms with E-state index in [1.807, 2.05) is 0 Å². The molecule has 15 heavy (non-hydrogen) atoms. The maximum Gasteiger partial charge on any atom is 0.0460 e. The molecule has 0 aromatic heterocycles. The number of thioether (sulfide) groups is 1. The molecule has 3 heteroatoms. The summed E-state index contributed by atoms with van der Waals surface area (Å²) in [6, 6.07) is 8.91. The molecule has 0 fully saturated rings. The van der Waals surface area contributed by atoms with Gasteiger partial charge in [-0.25, -0.2) is 0 Å². The minimum atomic E-state index is 0.292. The van der Waals surface area contributed by atoms with Crippen molar-refractivity contribution in [2.24, 2.45) is 5.84 Å². The third-order valence-electron chi connectivity index (χ3n) is 2.57. The molecule has 0 aliphatic carbocycles. The zero-order valence-electron chi connectivity index (χ0n) is 9.49. The lowest BCUT2D eigenvalue weighted by molar-refractivity contribution is 0.495. The lowest BCUT2D eigenvalue weighted by Crippen LogP contribution is -2.27. The van der Waals surface area contributed by atoms with Crippen LogP contribution in [0.25, 0.3) is 0 Å². The van der Waals surface area contributed by atoms with Crippen LogP contribution in [-0.4, -0.2) is 6.26 Å². The molecular weight excluding hydrogens is 204 g/mol. The molecule has 0 spiro atoms.